The third kappa shape index (κ3) is 2.75. The number of aromatic amines is 1. The minimum atomic E-state index is 0.732. The van der Waals surface area contributed by atoms with Gasteiger partial charge in [0.1, 0.15) is 0 Å². The fourth-order valence-electron chi connectivity index (χ4n) is 1.65. The van der Waals surface area contributed by atoms with E-state index < -0.39 is 0 Å². The van der Waals surface area contributed by atoms with Crippen LogP contribution in [0.25, 0.3) is 11.2 Å². The lowest BCUT2D eigenvalue weighted by molar-refractivity contribution is 0.336. The molecule has 2 heterocycles. The average Bonchev–Trinajstić information content (AvgIpc) is 2.61. The number of H-pyrrole nitrogens is 1. The monoisotopic (exact) mass is 314 g/mol. The number of hydrogen-bond acceptors (Lipinski definition) is 3. The highest BCUT2D eigenvalue weighted by atomic mass is 79.9. The van der Waals surface area contributed by atoms with Gasteiger partial charge in [0.25, 0.3) is 0 Å². The van der Waals surface area contributed by atoms with E-state index >= 15 is 0 Å². The maximum Gasteiger partial charge on any atom is 0.179 e. The quantitative estimate of drug-likeness (QED) is 0.882. The van der Waals surface area contributed by atoms with Crippen LogP contribution in [0.15, 0.2) is 16.7 Å². The minimum Gasteiger partial charge on any atom is -0.329 e. The van der Waals surface area contributed by atoms with Gasteiger partial charge in [-0.15, -0.1) is 0 Å². The molecule has 0 atom stereocenters. The van der Waals surface area contributed by atoms with E-state index in [0.29, 0.717) is 0 Å². The number of aromatic nitrogens is 3. The van der Waals surface area contributed by atoms with Crippen molar-refractivity contribution in [3.8, 4) is 0 Å². The standard InChI is InChI=1S/C11H15BrN4S/c1-3-15(2)4-5-16-10-9(14-11(16)17)6-8(12)7-13-10/h6-7H,3-5H2,1-2H3,(H,14,17). The number of halogens is 1. The fraction of sp³-hybridized carbons (Fsp3) is 0.455. The number of fused-ring (bicyclic) bond motifs is 1. The summed E-state index contributed by atoms with van der Waals surface area (Å²) in [6.45, 7) is 5.01. The summed E-state index contributed by atoms with van der Waals surface area (Å²) in [5.74, 6) is 0. The zero-order valence-corrected chi connectivity index (χ0v) is 12.3. The second-order valence-electron chi connectivity index (χ2n) is 4.00. The first-order valence-electron chi connectivity index (χ1n) is 5.54. The zero-order valence-electron chi connectivity index (χ0n) is 9.90. The molecule has 0 aliphatic rings. The topological polar surface area (TPSA) is 36.9 Å². The summed E-state index contributed by atoms with van der Waals surface area (Å²) in [5.41, 5.74) is 1.89. The molecule has 0 bridgehead atoms. The third-order valence-corrected chi connectivity index (χ3v) is 3.58. The summed E-state index contributed by atoms with van der Waals surface area (Å²) in [7, 11) is 2.10. The first kappa shape index (κ1) is 12.7. The number of nitrogens with zero attached hydrogens (tertiary/aromatic N) is 3. The summed E-state index contributed by atoms with van der Waals surface area (Å²) in [5, 5.41) is 0. The van der Waals surface area contributed by atoms with Gasteiger partial charge in [-0.2, -0.15) is 0 Å². The van der Waals surface area contributed by atoms with E-state index in [-0.39, 0.29) is 0 Å². The van der Waals surface area contributed by atoms with Gasteiger partial charge in [0, 0.05) is 23.8 Å². The van der Waals surface area contributed by atoms with Gasteiger partial charge in [-0.25, -0.2) is 4.98 Å². The number of likely N-dealkylation sites (N-methyl/N-ethyl adjacent to an activating group) is 1. The lowest BCUT2D eigenvalue weighted by Gasteiger charge is -2.13. The Morgan fingerprint density at radius 1 is 1.59 bits per heavy atom. The van der Waals surface area contributed by atoms with Gasteiger partial charge in [-0.3, -0.25) is 0 Å². The molecule has 1 N–H and O–H groups in total. The van der Waals surface area contributed by atoms with Crippen molar-refractivity contribution in [1.82, 2.24) is 19.4 Å². The Hall–Kier alpha value is -0.720. The molecule has 4 nitrogen and oxygen atoms in total. The van der Waals surface area contributed by atoms with Crippen LogP contribution >= 0.6 is 28.1 Å². The van der Waals surface area contributed by atoms with Crippen molar-refractivity contribution in [2.45, 2.75) is 13.5 Å². The number of rotatable bonds is 4. The maximum absolute atomic E-state index is 5.32. The Kier molecular flexibility index (Phi) is 3.96. The van der Waals surface area contributed by atoms with Crippen LogP contribution in [0.1, 0.15) is 6.92 Å². The van der Waals surface area contributed by atoms with E-state index in [1.807, 2.05) is 10.6 Å². The Labute approximate surface area is 114 Å². The Balaban J connectivity index is 2.33. The molecule has 0 amide bonds. The largest absolute Gasteiger partial charge is 0.329 e. The first-order chi connectivity index (χ1) is 8.11. The molecule has 6 heteroatoms. The van der Waals surface area contributed by atoms with E-state index in [2.05, 4.69) is 44.8 Å². The van der Waals surface area contributed by atoms with Gasteiger partial charge in [0.05, 0.1) is 5.52 Å². The molecule has 92 valence electrons. The van der Waals surface area contributed by atoms with Crippen LogP contribution in [0.5, 0.6) is 0 Å². The van der Waals surface area contributed by atoms with Gasteiger partial charge < -0.3 is 14.5 Å². The van der Waals surface area contributed by atoms with E-state index in [1.165, 1.54) is 0 Å². The van der Waals surface area contributed by atoms with E-state index in [9.17, 15) is 0 Å². The van der Waals surface area contributed by atoms with Gasteiger partial charge in [0.15, 0.2) is 10.4 Å². The first-order valence-corrected chi connectivity index (χ1v) is 6.74. The number of pyridine rings is 1. The van der Waals surface area contributed by atoms with Gasteiger partial charge in [-0.05, 0) is 47.8 Å². The average molecular weight is 315 g/mol. The summed E-state index contributed by atoms with van der Waals surface area (Å²) >= 11 is 8.72. The van der Waals surface area contributed by atoms with Crippen LogP contribution in [0.2, 0.25) is 0 Å². The third-order valence-electron chi connectivity index (χ3n) is 2.82. The van der Waals surface area contributed by atoms with Crippen molar-refractivity contribution >= 4 is 39.3 Å². The highest BCUT2D eigenvalue weighted by Gasteiger charge is 2.06. The van der Waals surface area contributed by atoms with Crippen LogP contribution in [0, 0.1) is 4.77 Å². The Morgan fingerprint density at radius 2 is 2.35 bits per heavy atom. The van der Waals surface area contributed by atoms with Crippen LogP contribution in [-0.2, 0) is 6.54 Å². The highest BCUT2D eigenvalue weighted by molar-refractivity contribution is 9.10. The van der Waals surface area contributed by atoms with Gasteiger partial charge >= 0.3 is 0 Å². The van der Waals surface area contributed by atoms with Crippen LogP contribution < -0.4 is 0 Å². The van der Waals surface area contributed by atoms with Crippen LogP contribution in [0.4, 0.5) is 0 Å². The molecule has 0 saturated carbocycles. The van der Waals surface area contributed by atoms with Crippen molar-refractivity contribution in [3.05, 3.63) is 21.5 Å². The molecular weight excluding hydrogens is 300 g/mol. The molecule has 17 heavy (non-hydrogen) atoms. The normalized spacial score (nSPS) is 11.5. The van der Waals surface area contributed by atoms with Crippen molar-refractivity contribution in [2.24, 2.45) is 0 Å². The van der Waals surface area contributed by atoms with E-state index in [0.717, 1.165) is 40.0 Å². The predicted molar refractivity (Wildman–Crippen MR) is 75.8 cm³/mol. The van der Waals surface area contributed by atoms with Crippen molar-refractivity contribution in [1.29, 1.82) is 0 Å². The van der Waals surface area contributed by atoms with Gasteiger partial charge in [0.2, 0.25) is 0 Å². The lowest BCUT2D eigenvalue weighted by Crippen LogP contribution is -2.22. The molecule has 2 rings (SSSR count). The highest BCUT2D eigenvalue weighted by Crippen LogP contribution is 2.16. The SMILES string of the molecule is CCN(C)CCn1c(=S)[nH]c2cc(Br)cnc21. The molecule has 0 aliphatic heterocycles. The van der Waals surface area contributed by atoms with Crippen molar-refractivity contribution in [2.75, 3.05) is 20.1 Å². The second kappa shape index (κ2) is 5.29. The summed E-state index contributed by atoms with van der Waals surface area (Å²) < 4.78 is 3.73. The molecule has 0 aromatic carbocycles. The smallest absolute Gasteiger partial charge is 0.179 e. The second-order valence-corrected chi connectivity index (χ2v) is 5.30. The Bertz CT molecular complexity index is 574. The van der Waals surface area contributed by atoms with Crippen LogP contribution in [-0.4, -0.2) is 39.6 Å². The van der Waals surface area contributed by atoms with Crippen LogP contribution in [0.3, 0.4) is 0 Å². The zero-order chi connectivity index (χ0) is 12.4. The summed E-state index contributed by atoms with van der Waals surface area (Å²) in [4.78, 5) is 9.83. The van der Waals surface area contributed by atoms with Gasteiger partial charge in [-0.1, -0.05) is 6.92 Å². The summed E-state index contributed by atoms with van der Waals surface area (Å²) in [6.07, 6.45) is 1.80. The molecule has 0 aliphatic carbocycles. The molecule has 2 aromatic heterocycles. The molecular formula is C11H15BrN4S. The number of hydrogen-bond donors (Lipinski definition) is 1. The fourth-order valence-corrected chi connectivity index (χ4v) is 2.27. The number of nitrogens with one attached hydrogen (secondary N) is 1. The van der Waals surface area contributed by atoms with E-state index in [4.69, 9.17) is 12.2 Å². The molecule has 0 radical (unpaired) electrons. The molecule has 2 aromatic rings. The van der Waals surface area contributed by atoms with E-state index in [1.54, 1.807) is 6.20 Å². The lowest BCUT2D eigenvalue weighted by atomic mass is 10.4. The predicted octanol–water partition coefficient (Wildman–Crippen LogP) is 2.81. The molecule has 0 spiro atoms. The van der Waals surface area contributed by atoms with Crippen molar-refractivity contribution in [3.63, 3.8) is 0 Å². The Morgan fingerprint density at radius 3 is 3.06 bits per heavy atom. The molecule has 0 unspecified atom stereocenters. The molecule has 0 fully saturated rings. The maximum atomic E-state index is 5.32. The minimum absolute atomic E-state index is 0.732. The molecule has 0 saturated heterocycles. The summed E-state index contributed by atoms with van der Waals surface area (Å²) in [6, 6.07) is 2.00. The number of imidazole rings is 1. The van der Waals surface area contributed by atoms with Crippen molar-refractivity contribution < 1.29 is 0 Å².